The van der Waals surface area contributed by atoms with Crippen LogP contribution >= 0.6 is 11.6 Å². The van der Waals surface area contributed by atoms with Crippen LogP contribution in [0.4, 0.5) is 23.2 Å². The molecular formula is C26H21ClF4N2O5S. The molecule has 1 heterocycles. The number of hydrogen-bond acceptors (Lipinski definition) is 5. The molecule has 0 saturated carbocycles. The fourth-order valence-electron chi connectivity index (χ4n) is 4.22. The van der Waals surface area contributed by atoms with Gasteiger partial charge in [0.2, 0.25) is 10.0 Å². The second-order valence-electron chi connectivity index (χ2n) is 8.64. The van der Waals surface area contributed by atoms with Gasteiger partial charge in [0.1, 0.15) is 5.82 Å². The zero-order chi connectivity index (χ0) is 28.4. The topological polar surface area (TPSA) is 92.8 Å². The Labute approximate surface area is 226 Å². The minimum absolute atomic E-state index is 0.0448. The van der Waals surface area contributed by atoms with E-state index >= 15 is 0 Å². The van der Waals surface area contributed by atoms with Crippen LogP contribution in [-0.2, 0) is 36.9 Å². The highest BCUT2D eigenvalue weighted by Crippen LogP contribution is 2.37. The summed E-state index contributed by atoms with van der Waals surface area (Å²) in [6.45, 7) is -0.798. The number of fused-ring (bicyclic) bond motifs is 1. The first-order chi connectivity index (χ1) is 18.4. The third kappa shape index (κ3) is 6.57. The summed E-state index contributed by atoms with van der Waals surface area (Å²) in [6, 6.07) is 12.7. The van der Waals surface area contributed by atoms with Gasteiger partial charge in [-0.05, 0) is 60.0 Å². The van der Waals surface area contributed by atoms with Gasteiger partial charge in [-0.3, -0.25) is 9.59 Å². The summed E-state index contributed by atoms with van der Waals surface area (Å²) in [5, 5.41) is 2.02. The number of halogens is 5. The minimum Gasteiger partial charge on any atom is -0.456 e. The highest BCUT2D eigenvalue weighted by atomic mass is 35.5. The Kier molecular flexibility index (Phi) is 8.28. The maximum absolute atomic E-state index is 13.4. The van der Waals surface area contributed by atoms with Crippen molar-refractivity contribution in [1.29, 1.82) is 0 Å². The van der Waals surface area contributed by atoms with Crippen molar-refractivity contribution < 1.29 is 40.3 Å². The van der Waals surface area contributed by atoms with Gasteiger partial charge in [0.05, 0.1) is 33.6 Å². The lowest BCUT2D eigenvalue weighted by Gasteiger charge is -2.36. The molecule has 0 fully saturated rings. The molecule has 1 aliphatic rings. The van der Waals surface area contributed by atoms with E-state index in [-0.39, 0.29) is 22.2 Å². The number of alkyl halides is 3. The minimum atomic E-state index is -4.66. The molecular weight excluding hydrogens is 564 g/mol. The van der Waals surface area contributed by atoms with Crippen molar-refractivity contribution >= 4 is 39.2 Å². The van der Waals surface area contributed by atoms with Gasteiger partial charge in [-0.15, -0.1) is 0 Å². The predicted molar refractivity (Wildman–Crippen MR) is 134 cm³/mol. The SMILES string of the molecule is O=C(COC(=O)CC1c2ccccc2CCN1S(=O)(=O)c1ccc(F)cc1)Nc1cc(C(F)(F)F)ccc1Cl. The zero-order valence-corrected chi connectivity index (χ0v) is 21.6. The van der Waals surface area contributed by atoms with Gasteiger partial charge < -0.3 is 10.1 Å². The van der Waals surface area contributed by atoms with Crippen LogP contribution in [-0.4, -0.2) is 37.8 Å². The van der Waals surface area contributed by atoms with Crippen molar-refractivity contribution in [2.45, 2.75) is 30.0 Å². The predicted octanol–water partition coefficient (Wildman–Crippen LogP) is 5.36. The molecule has 1 atom stereocenters. The number of anilines is 1. The average molecular weight is 585 g/mol. The lowest BCUT2D eigenvalue weighted by atomic mass is 9.92. The Morgan fingerprint density at radius 3 is 2.44 bits per heavy atom. The standard InChI is InChI=1S/C26H21ClF4N2O5S/c27-21-10-5-17(26(29,30)31)13-22(21)32-24(34)15-38-25(35)14-23-20-4-2-1-3-16(20)11-12-33(23)39(36,37)19-8-6-18(28)7-9-19/h1-10,13,23H,11-12,14-15H2,(H,32,34). The normalized spacial score (nSPS) is 15.9. The molecule has 0 aliphatic carbocycles. The second kappa shape index (κ2) is 11.3. The van der Waals surface area contributed by atoms with Gasteiger partial charge in [0.15, 0.2) is 6.61 Å². The molecule has 1 aliphatic heterocycles. The molecule has 1 amide bonds. The molecule has 0 aromatic heterocycles. The van der Waals surface area contributed by atoms with Crippen LogP contribution in [0.2, 0.25) is 5.02 Å². The Morgan fingerprint density at radius 1 is 1.05 bits per heavy atom. The molecule has 0 saturated heterocycles. The van der Waals surface area contributed by atoms with Crippen LogP contribution in [0.25, 0.3) is 0 Å². The van der Waals surface area contributed by atoms with E-state index in [9.17, 15) is 35.6 Å². The Hall–Kier alpha value is -3.48. The molecule has 206 valence electrons. The van der Waals surface area contributed by atoms with E-state index in [0.29, 0.717) is 18.1 Å². The first kappa shape index (κ1) is 28.5. The molecule has 4 rings (SSSR count). The van der Waals surface area contributed by atoms with Gasteiger partial charge in [0.25, 0.3) is 5.91 Å². The first-order valence-corrected chi connectivity index (χ1v) is 13.4. The van der Waals surface area contributed by atoms with Gasteiger partial charge in [-0.25, -0.2) is 12.8 Å². The summed E-state index contributed by atoms with van der Waals surface area (Å²) < 4.78 is 85.2. The van der Waals surface area contributed by atoms with Crippen molar-refractivity contribution in [2.24, 2.45) is 0 Å². The second-order valence-corrected chi connectivity index (χ2v) is 10.9. The molecule has 3 aromatic carbocycles. The Balaban J connectivity index is 1.48. The smallest absolute Gasteiger partial charge is 0.416 e. The van der Waals surface area contributed by atoms with Gasteiger partial charge in [-0.1, -0.05) is 35.9 Å². The summed E-state index contributed by atoms with van der Waals surface area (Å²) in [7, 11) is -4.14. The number of rotatable bonds is 7. The van der Waals surface area contributed by atoms with Crippen molar-refractivity contribution in [3.05, 3.63) is 94.3 Å². The fourth-order valence-corrected chi connectivity index (χ4v) is 5.99. The quantitative estimate of drug-likeness (QED) is 0.298. The largest absolute Gasteiger partial charge is 0.456 e. The van der Waals surface area contributed by atoms with Crippen LogP contribution in [0.15, 0.2) is 71.6 Å². The van der Waals surface area contributed by atoms with E-state index in [0.717, 1.165) is 46.3 Å². The Morgan fingerprint density at radius 2 is 1.74 bits per heavy atom. The van der Waals surface area contributed by atoms with E-state index < -0.39 is 58.5 Å². The van der Waals surface area contributed by atoms with Crippen molar-refractivity contribution in [3.8, 4) is 0 Å². The van der Waals surface area contributed by atoms with E-state index in [2.05, 4.69) is 5.32 Å². The molecule has 0 radical (unpaired) electrons. The Bertz CT molecular complexity index is 1500. The molecule has 7 nitrogen and oxygen atoms in total. The van der Waals surface area contributed by atoms with Crippen molar-refractivity contribution in [1.82, 2.24) is 4.31 Å². The number of amides is 1. The van der Waals surface area contributed by atoms with Crippen LogP contribution in [0, 0.1) is 5.82 Å². The number of ether oxygens (including phenoxy) is 1. The number of nitrogens with zero attached hydrogens (tertiary/aromatic N) is 1. The van der Waals surface area contributed by atoms with E-state index in [1.54, 1.807) is 18.2 Å². The van der Waals surface area contributed by atoms with Gasteiger partial charge >= 0.3 is 12.1 Å². The molecule has 0 spiro atoms. The van der Waals surface area contributed by atoms with Crippen LogP contribution in [0.3, 0.4) is 0 Å². The number of hydrogen-bond donors (Lipinski definition) is 1. The maximum Gasteiger partial charge on any atom is 0.416 e. The molecule has 1 unspecified atom stereocenters. The number of sulfonamides is 1. The number of benzene rings is 3. The van der Waals surface area contributed by atoms with Gasteiger partial charge in [-0.2, -0.15) is 17.5 Å². The summed E-state index contributed by atoms with van der Waals surface area (Å²) >= 11 is 5.87. The molecule has 13 heteroatoms. The lowest BCUT2D eigenvalue weighted by molar-refractivity contribution is -0.148. The van der Waals surface area contributed by atoms with Crippen molar-refractivity contribution in [3.63, 3.8) is 0 Å². The monoisotopic (exact) mass is 584 g/mol. The van der Waals surface area contributed by atoms with Crippen LogP contribution in [0.5, 0.6) is 0 Å². The lowest BCUT2D eigenvalue weighted by Crippen LogP contribution is -2.41. The van der Waals surface area contributed by atoms with E-state index in [4.69, 9.17) is 16.3 Å². The fraction of sp³-hybridized carbons (Fsp3) is 0.231. The summed E-state index contributed by atoms with van der Waals surface area (Å²) in [4.78, 5) is 24.9. The van der Waals surface area contributed by atoms with Gasteiger partial charge in [0, 0.05) is 6.54 Å². The van der Waals surface area contributed by atoms with E-state index in [1.165, 1.54) is 0 Å². The number of carbonyl (C=O) groups is 2. The molecule has 0 bridgehead atoms. The third-order valence-corrected chi connectivity index (χ3v) is 8.33. The molecule has 39 heavy (non-hydrogen) atoms. The number of carbonyl (C=O) groups excluding carboxylic acids is 2. The van der Waals surface area contributed by atoms with Crippen molar-refractivity contribution in [2.75, 3.05) is 18.5 Å². The highest BCUT2D eigenvalue weighted by molar-refractivity contribution is 7.89. The molecule has 1 N–H and O–H groups in total. The summed E-state index contributed by atoms with van der Waals surface area (Å²) in [5.41, 5.74) is 0.0623. The zero-order valence-electron chi connectivity index (χ0n) is 20.0. The van der Waals surface area contributed by atoms with Crippen LogP contribution in [0.1, 0.15) is 29.2 Å². The third-order valence-electron chi connectivity index (χ3n) is 6.08. The average Bonchev–Trinajstić information content (AvgIpc) is 2.88. The number of nitrogens with one attached hydrogen (secondary N) is 1. The summed E-state index contributed by atoms with van der Waals surface area (Å²) in [5.74, 6) is -2.46. The van der Waals surface area contributed by atoms with Crippen LogP contribution < -0.4 is 5.32 Å². The molecule has 3 aromatic rings. The summed E-state index contributed by atoms with van der Waals surface area (Å²) in [6.07, 6.45) is -4.73. The first-order valence-electron chi connectivity index (χ1n) is 11.5. The highest BCUT2D eigenvalue weighted by Gasteiger charge is 2.38. The van der Waals surface area contributed by atoms with E-state index in [1.807, 2.05) is 6.07 Å². The number of esters is 1. The maximum atomic E-state index is 13.4.